The van der Waals surface area contributed by atoms with Gasteiger partial charge in [0.25, 0.3) is 0 Å². The van der Waals surface area contributed by atoms with Crippen LogP contribution in [-0.2, 0) is 9.53 Å². The Hall–Kier alpha value is -2.01. The second-order valence-electron chi connectivity index (χ2n) is 2.85. The van der Waals surface area contributed by atoms with Crippen LogP contribution in [0.25, 0.3) is 6.08 Å². The van der Waals surface area contributed by atoms with Crippen LogP contribution >= 0.6 is 0 Å². The summed E-state index contributed by atoms with van der Waals surface area (Å²) >= 11 is 0. The number of carbonyl (C=O) groups is 1. The Morgan fingerprint density at radius 2 is 2.13 bits per heavy atom. The molecule has 0 unspecified atom stereocenters. The van der Waals surface area contributed by atoms with E-state index in [4.69, 9.17) is 11.2 Å². The largest absolute Gasteiger partial charge is 0.463 e. The van der Waals surface area contributed by atoms with Crippen molar-refractivity contribution in [3.8, 4) is 12.3 Å². The van der Waals surface area contributed by atoms with Gasteiger partial charge < -0.3 is 4.74 Å². The third kappa shape index (κ3) is 3.70. The maximum Gasteiger partial charge on any atom is 0.330 e. The Morgan fingerprint density at radius 1 is 1.47 bits per heavy atom. The Morgan fingerprint density at radius 3 is 2.67 bits per heavy atom. The zero-order valence-corrected chi connectivity index (χ0v) is 8.57. The Labute approximate surface area is 89.6 Å². The third-order valence-corrected chi connectivity index (χ3v) is 1.78. The second kappa shape index (κ2) is 5.66. The molecule has 0 atom stereocenters. The van der Waals surface area contributed by atoms with Crippen molar-refractivity contribution < 1.29 is 9.53 Å². The third-order valence-electron chi connectivity index (χ3n) is 1.78. The molecular weight excluding hydrogens is 188 g/mol. The molecule has 2 nitrogen and oxygen atoms in total. The van der Waals surface area contributed by atoms with Gasteiger partial charge >= 0.3 is 5.97 Å². The van der Waals surface area contributed by atoms with Gasteiger partial charge in [-0.25, -0.2) is 4.79 Å². The van der Waals surface area contributed by atoms with Gasteiger partial charge in [0, 0.05) is 11.6 Å². The number of benzene rings is 1. The fraction of sp³-hybridized carbons (Fsp3) is 0.154. The number of rotatable bonds is 3. The molecule has 0 amide bonds. The molecule has 1 aromatic carbocycles. The molecule has 1 rings (SSSR count). The van der Waals surface area contributed by atoms with Crippen LogP contribution in [0.4, 0.5) is 0 Å². The molecule has 0 aliphatic rings. The summed E-state index contributed by atoms with van der Waals surface area (Å²) in [6.07, 6.45) is 8.31. The van der Waals surface area contributed by atoms with Crippen LogP contribution in [0, 0.1) is 12.3 Å². The first-order valence-electron chi connectivity index (χ1n) is 4.67. The standard InChI is InChI=1S/C13H12O2/c1-3-11-5-7-12(8-6-11)9-10-13(14)15-4-2/h1,5-10H,4H2,2H3. The van der Waals surface area contributed by atoms with Crippen LogP contribution in [-0.4, -0.2) is 12.6 Å². The van der Waals surface area contributed by atoms with E-state index in [-0.39, 0.29) is 5.97 Å². The van der Waals surface area contributed by atoms with Crippen LogP contribution < -0.4 is 0 Å². The van der Waals surface area contributed by atoms with Crippen molar-refractivity contribution in [2.75, 3.05) is 6.61 Å². The predicted octanol–water partition coefficient (Wildman–Crippen LogP) is 2.24. The lowest BCUT2D eigenvalue weighted by molar-refractivity contribution is -0.137. The first kappa shape index (κ1) is 11.1. The Balaban J connectivity index is 2.65. The Kier molecular flexibility index (Phi) is 4.18. The van der Waals surface area contributed by atoms with Crippen LogP contribution in [0.3, 0.4) is 0 Å². The van der Waals surface area contributed by atoms with E-state index >= 15 is 0 Å². The molecule has 0 saturated carbocycles. The van der Waals surface area contributed by atoms with Gasteiger partial charge in [0.1, 0.15) is 0 Å². The molecule has 0 fully saturated rings. The van der Waals surface area contributed by atoms with Crippen LogP contribution in [0.2, 0.25) is 0 Å². The van der Waals surface area contributed by atoms with E-state index in [0.29, 0.717) is 6.61 Å². The molecule has 0 saturated heterocycles. The van der Waals surface area contributed by atoms with Crippen LogP contribution in [0.1, 0.15) is 18.1 Å². The molecule has 0 N–H and O–H groups in total. The van der Waals surface area contributed by atoms with Gasteiger partial charge in [-0.2, -0.15) is 0 Å². The number of ether oxygens (including phenoxy) is 1. The molecule has 1 aromatic rings. The number of terminal acetylenes is 1. The lowest BCUT2D eigenvalue weighted by Crippen LogP contribution is -1.98. The molecule has 76 valence electrons. The zero-order valence-electron chi connectivity index (χ0n) is 8.57. The highest BCUT2D eigenvalue weighted by molar-refractivity contribution is 5.87. The highest BCUT2D eigenvalue weighted by Gasteiger charge is 1.93. The van der Waals surface area contributed by atoms with Crippen LogP contribution in [0.15, 0.2) is 30.3 Å². The van der Waals surface area contributed by atoms with Gasteiger partial charge in [-0.15, -0.1) is 6.42 Å². The smallest absolute Gasteiger partial charge is 0.330 e. The molecule has 15 heavy (non-hydrogen) atoms. The van der Waals surface area contributed by atoms with Crippen molar-refractivity contribution in [1.29, 1.82) is 0 Å². The summed E-state index contributed by atoms with van der Waals surface area (Å²) in [6.45, 7) is 2.16. The van der Waals surface area contributed by atoms with Crippen molar-refractivity contribution >= 4 is 12.0 Å². The number of hydrogen-bond donors (Lipinski definition) is 0. The molecule has 2 heteroatoms. The second-order valence-corrected chi connectivity index (χ2v) is 2.85. The molecule has 0 aliphatic carbocycles. The lowest BCUT2D eigenvalue weighted by atomic mass is 10.1. The van der Waals surface area contributed by atoms with Gasteiger partial charge in [0.15, 0.2) is 0 Å². The van der Waals surface area contributed by atoms with Crippen molar-refractivity contribution in [2.24, 2.45) is 0 Å². The van der Waals surface area contributed by atoms with E-state index in [1.54, 1.807) is 13.0 Å². The van der Waals surface area contributed by atoms with E-state index < -0.39 is 0 Å². The topological polar surface area (TPSA) is 26.3 Å². The van der Waals surface area contributed by atoms with Crippen molar-refractivity contribution in [2.45, 2.75) is 6.92 Å². The zero-order chi connectivity index (χ0) is 11.1. The SMILES string of the molecule is C#Cc1ccc(C=CC(=O)OCC)cc1. The monoisotopic (exact) mass is 200 g/mol. The summed E-state index contributed by atoms with van der Waals surface area (Å²) in [4.78, 5) is 11.0. The quantitative estimate of drug-likeness (QED) is 0.425. The summed E-state index contributed by atoms with van der Waals surface area (Å²) in [5.74, 6) is 2.19. The summed E-state index contributed by atoms with van der Waals surface area (Å²) in [6, 6.07) is 7.35. The molecule has 0 bridgehead atoms. The number of esters is 1. The molecule has 0 aliphatic heterocycles. The number of carbonyl (C=O) groups excluding carboxylic acids is 1. The normalized spacial score (nSPS) is 9.87. The van der Waals surface area contributed by atoms with Crippen molar-refractivity contribution in [3.05, 3.63) is 41.5 Å². The Bertz CT molecular complexity index is 394. The van der Waals surface area contributed by atoms with Gasteiger partial charge in [-0.05, 0) is 30.7 Å². The average molecular weight is 200 g/mol. The minimum atomic E-state index is -0.335. The molecular formula is C13H12O2. The highest BCUT2D eigenvalue weighted by Crippen LogP contribution is 2.05. The first-order chi connectivity index (χ1) is 7.26. The fourth-order valence-corrected chi connectivity index (χ4v) is 1.05. The molecule has 0 radical (unpaired) electrons. The minimum absolute atomic E-state index is 0.335. The van der Waals surface area contributed by atoms with E-state index in [1.807, 2.05) is 24.3 Å². The van der Waals surface area contributed by atoms with Crippen LogP contribution in [0.5, 0.6) is 0 Å². The maximum atomic E-state index is 11.0. The van der Waals surface area contributed by atoms with Gasteiger partial charge in [-0.1, -0.05) is 18.1 Å². The first-order valence-corrected chi connectivity index (χ1v) is 4.67. The number of hydrogen-bond acceptors (Lipinski definition) is 2. The van der Waals surface area contributed by atoms with Crippen molar-refractivity contribution in [3.63, 3.8) is 0 Å². The fourth-order valence-electron chi connectivity index (χ4n) is 1.05. The summed E-state index contributed by atoms with van der Waals surface area (Å²) in [5.41, 5.74) is 1.74. The minimum Gasteiger partial charge on any atom is -0.463 e. The summed E-state index contributed by atoms with van der Waals surface area (Å²) in [7, 11) is 0. The van der Waals surface area contributed by atoms with E-state index in [0.717, 1.165) is 11.1 Å². The van der Waals surface area contributed by atoms with E-state index in [2.05, 4.69) is 5.92 Å². The maximum absolute atomic E-state index is 11.0. The van der Waals surface area contributed by atoms with Gasteiger partial charge in [0.05, 0.1) is 6.61 Å². The van der Waals surface area contributed by atoms with E-state index in [1.165, 1.54) is 6.08 Å². The van der Waals surface area contributed by atoms with Gasteiger partial charge in [-0.3, -0.25) is 0 Å². The molecule has 0 spiro atoms. The molecule has 0 heterocycles. The average Bonchev–Trinajstić information content (AvgIpc) is 2.27. The predicted molar refractivity (Wildman–Crippen MR) is 60.0 cm³/mol. The van der Waals surface area contributed by atoms with Gasteiger partial charge in [0.2, 0.25) is 0 Å². The van der Waals surface area contributed by atoms with E-state index in [9.17, 15) is 4.79 Å². The lowest BCUT2D eigenvalue weighted by Gasteiger charge is -1.95. The summed E-state index contributed by atoms with van der Waals surface area (Å²) < 4.78 is 4.75. The van der Waals surface area contributed by atoms with Crippen molar-refractivity contribution in [1.82, 2.24) is 0 Å². The highest BCUT2D eigenvalue weighted by atomic mass is 16.5. The molecule has 0 aromatic heterocycles. The summed E-state index contributed by atoms with van der Waals surface area (Å²) in [5, 5.41) is 0.